The summed E-state index contributed by atoms with van der Waals surface area (Å²) in [6.07, 6.45) is 2.94. The average molecular weight is 177 g/mol. The molecule has 2 rings (SSSR count). The Morgan fingerprint density at radius 3 is 3.00 bits per heavy atom. The van der Waals surface area contributed by atoms with Gasteiger partial charge in [0.2, 0.25) is 0 Å². The highest BCUT2D eigenvalue weighted by molar-refractivity contribution is 5.48. The van der Waals surface area contributed by atoms with Crippen molar-refractivity contribution in [3.05, 3.63) is 28.8 Å². The second-order valence-electron chi connectivity index (χ2n) is 3.63. The van der Waals surface area contributed by atoms with E-state index >= 15 is 0 Å². The first kappa shape index (κ1) is 8.57. The maximum absolute atomic E-state index is 9.64. The molecular formula is C11H15NO. The summed E-state index contributed by atoms with van der Waals surface area (Å²) in [7, 11) is 0. The predicted molar refractivity (Wildman–Crippen MR) is 52.7 cm³/mol. The van der Waals surface area contributed by atoms with Crippen molar-refractivity contribution in [3.63, 3.8) is 0 Å². The van der Waals surface area contributed by atoms with Crippen LogP contribution in [-0.4, -0.2) is 5.11 Å². The van der Waals surface area contributed by atoms with Crippen molar-refractivity contribution in [2.24, 2.45) is 5.73 Å². The zero-order valence-electron chi connectivity index (χ0n) is 7.88. The number of hydrogen-bond donors (Lipinski definition) is 2. The highest BCUT2D eigenvalue weighted by Gasteiger charge is 2.23. The van der Waals surface area contributed by atoms with E-state index < -0.39 is 0 Å². The number of aromatic hydroxyl groups is 1. The Balaban J connectivity index is 2.60. The van der Waals surface area contributed by atoms with E-state index in [9.17, 15) is 5.11 Å². The molecular weight excluding hydrogens is 162 g/mol. The molecule has 1 unspecified atom stereocenters. The lowest BCUT2D eigenvalue weighted by molar-refractivity contribution is 0.467. The Labute approximate surface area is 78.4 Å². The molecule has 2 heteroatoms. The van der Waals surface area contributed by atoms with Gasteiger partial charge in [0.15, 0.2) is 0 Å². The molecule has 1 aromatic carbocycles. The first-order chi connectivity index (χ1) is 6.24. The summed E-state index contributed by atoms with van der Waals surface area (Å²) in [5, 5.41) is 9.64. The van der Waals surface area contributed by atoms with Gasteiger partial charge in [0.05, 0.1) is 0 Å². The molecule has 0 fully saturated rings. The number of aryl methyl sites for hydroxylation is 1. The molecule has 0 bridgehead atoms. The molecule has 0 saturated carbocycles. The fraction of sp³-hybridized carbons (Fsp3) is 0.455. The van der Waals surface area contributed by atoms with Crippen molar-refractivity contribution < 1.29 is 5.11 Å². The standard InChI is InChI=1S/C11H15NO/c1-2-8-10(13)6-4-7-3-5-9(12)11(7)8/h4,6,9,13H,2-3,5,12H2,1H3. The van der Waals surface area contributed by atoms with Crippen molar-refractivity contribution in [2.75, 3.05) is 0 Å². The van der Waals surface area contributed by atoms with Gasteiger partial charge in [-0.05, 0) is 42.0 Å². The summed E-state index contributed by atoms with van der Waals surface area (Å²) in [5.41, 5.74) is 9.54. The van der Waals surface area contributed by atoms with E-state index in [1.165, 1.54) is 11.1 Å². The topological polar surface area (TPSA) is 46.2 Å². The van der Waals surface area contributed by atoms with Gasteiger partial charge < -0.3 is 10.8 Å². The summed E-state index contributed by atoms with van der Waals surface area (Å²) in [4.78, 5) is 0. The third-order valence-corrected chi connectivity index (χ3v) is 2.87. The van der Waals surface area contributed by atoms with Gasteiger partial charge in [-0.15, -0.1) is 0 Å². The molecule has 13 heavy (non-hydrogen) atoms. The lowest BCUT2D eigenvalue weighted by Gasteiger charge is -2.12. The van der Waals surface area contributed by atoms with Crippen molar-refractivity contribution in [3.8, 4) is 5.75 Å². The van der Waals surface area contributed by atoms with Crippen LogP contribution in [0.15, 0.2) is 12.1 Å². The summed E-state index contributed by atoms with van der Waals surface area (Å²) in [6.45, 7) is 2.06. The van der Waals surface area contributed by atoms with Gasteiger partial charge in [-0.2, -0.15) is 0 Å². The molecule has 1 aliphatic carbocycles. The molecule has 0 aromatic heterocycles. The van der Waals surface area contributed by atoms with Crippen LogP contribution in [0.3, 0.4) is 0 Å². The highest BCUT2D eigenvalue weighted by Crippen LogP contribution is 2.36. The Bertz CT molecular complexity index is 333. The quantitative estimate of drug-likeness (QED) is 0.688. The van der Waals surface area contributed by atoms with Crippen molar-refractivity contribution in [1.82, 2.24) is 0 Å². The van der Waals surface area contributed by atoms with Gasteiger partial charge in [0.25, 0.3) is 0 Å². The second kappa shape index (κ2) is 3.04. The molecule has 1 atom stereocenters. The minimum Gasteiger partial charge on any atom is -0.508 e. The van der Waals surface area contributed by atoms with E-state index in [1.54, 1.807) is 6.07 Å². The molecule has 0 amide bonds. The van der Waals surface area contributed by atoms with Crippen LogP contribution < -0.4 is 5.73 Å². The van der Waals surface area contributed by atoms with E-state index in [4.69, 9.17) is 5.73 Å². The third-order valence-electron chi connectivity index (χ3n) is 2.87. The Kier molecular flexibility index (Phi) is 2.00. The predicted octanol–water partition coefficient (Wildman–Crippen LogP) is 1.90. The van der Waals surface area contributed by atoms with Crippen LogP contribution in [0.25, 0.3) is 0 Å². The van der Waals surface area contributed by atoms with E-state index in [-0.39, 0.29) is 6.04 Å². The van der Waals surface area contributed by atoms with Crippen molar-refractivity contribution in [2.45, 2.75) is 32.2 Å². The van der Waals surface area contributed by atoms with Gasteiger partial charge in [-0.1, -0.05) is 13.0 Å². The minimum absolute atomic E-state index is 0.136. The van der Waals surface area contributed by atoms with Crippen LogP contribution in [0, 0.1) is 0 Å². The van der Waals surface area contributed by atoms with Crippen LogP contribution >= 0.6 is 0 Å². The number of phenolic OH excluding ortho intramolecular Hbond substituents is 1. The van der Waals surface area contributed by atoms with E-state index in [0.717, 1.165) is 24.8 Å². The van der Waals surface area contributed by atoms with Crippen LogP contribution in [0.4, 0.5) is 0 Å². The minimum atomic E-state index is 0.136. The largest absolute Gasteiger partial charge is 0.508 e. The first-order valence-electron chi connectivity index (χ1n) is 4.83. The molecule has 0 radical (unpaired) electrons. The van der Waals surface area contributed by atoms with Crippen LogP contribution in [0.5, 0.6) is 5.75 Å². The van der Waals surface area contributed by atoms with Crippen LogP contribution in [0.2, 0.25) is 0 Å². The SMILES string of the molecule is CCc1c(O)ccc2c1C(N)CC2. The van der Waals surface area contributed by atoms with Crippen molar-refractivity contribution >= 4 is 0 Å². The molecule has 70 valence electrons. The molecule has 1 aliphatic rings. The Morgan fingerprint density at radius 1 is 1.54 bits per heavy atom. The van der Waals surface area contributed by atoms with E-state index in [1.807, 2.05) is 6.07 Å². The summed E-state index contributed by atoms with van der Waals surface area (Å²) < 4.78 is 0. The molecule has 0 saturated heterocycles. The fourth-order valence-electron chi connectivity index (χ4n) is 2.21. The Hall–Kier alpha value is -1.02. The second-order valence-corrected chi connectivity index (χ2v) is 3.63. The zero-order chi connectivity index (χ0) is 9.42. The van der Waals surface area contributed by atoms with Gasteiger partial charge in [-0.3, -0.25) is 0 Å². The lowest BCUT2D eigenvalue weighted by atomic mass is 9.98. The molecule has 0 heterocycles. The fourth-order valence-corrected chi connectivity index (χ4v) is 2.21. The van der Waals surface area contributed by atoms with Gasteiger partial charge in [0.1, 0.15) is 5.75 Å². The van der Waals surface area contributed by atoms with Gasteiger partial charge in [0, 0.05) is 6.04 Å². The van der Waals surface area contributed by atoms with E-state index in [2.05, 4.69) is 6.92 Å². The monoisotopic (exact) mass is 177 g/mol. The normalized spacial score (nSPS) is 20.3. The molecule has 1 aromatic rings. The first-order valence-corrected chi connectivity index (χ1v) is 4.83. The van der Waals surface area contributed by atoms with Crippen LogP contribution in [0.1, 0.15) is 36.1 Å². The summed E-state index contributed by atoms with van der Waals surface area (Å²) in [5.74, 6) is 0.401. The molecule has 0 spiro atoms. The smallest absolute Gasteiger partial charge is 0.119 e. The lowest BCUT2D eigenvalue weighted by Crippen LogP contribution is -2.08. The van der Waals surface area contributed by atoms with Crippen molar-refractivity contribution in [1.29, 1.82) is 0 Å². The zero-order valence-corrected chi connectivity index (χ0v) is 7.88. The number of nitrogens with two attached hydrogens (primary N) is 1. The summed E-state index contributed by atoms with van der Waals surface area (Å²) in [6, 6.07) is 3.92. The highest BCUT2D eigenvalue weighted by atomic mass is 16.3. The Morgan fingerprint density at radius 2 is 2.31 bits per heavy atom. The molecule has 0 aliphatic heterocycles. The van der Waals surface area contributed by atoms with E-state index in [0.29, 0.717) is 5.75 Å². The van der Waals surface area contributed by atoms with Crippen LogP contribution in [-0.2, 0) is 12.8 Å². The number of rotatable bonds is 1. The molecule has 2 nitrogen and oxygen atoms in total. The summed E-state index contributed by atoms with van der Waals surface area (Å²) >= 11 is 0. The number of fused-ring (bicyclic) bond motifs is 1. The maximum atomic E-state index is 9.64. The van der Waals surface area contributed by atoms with Gasteiger partial charge in [-0.25, -0.2) is 0 Å². The third kappa shape index (κ3) is 1.22. The average Bonchev–Trinajstić information content (AvgIpc) is 2.49. The number of phenols is 1. The molecule has 3 N–H and O–H groups in total. The number of benzene rings is 1. The van der Waals surface area contributed by atoms with Gasteiger partial charge >= 0.3 is 0 Å². The maximum Gasteiger partial charge on any atom is 0.119 e. The number of hydrogen-bond acceptors (Lipinski definition) is 2.